The Hall–Kier alpha value is -1.34. The van der Waals surface area contributed by atoms with E-state index in [9.17, 15) is 14.7 Å². The summed E-state index contributed by atoms with van der Waals surface area (Å²) in [4.78, 5) is 22.9. The molecule has 26 heavy (non-hydrogen) atoms. The number of carbonyl (C=O) groups excluding carboxylic acids is 1. The number of hydrogen-bond donors (Lipinski definition) is 3. The minimum atomic E-state index is -1.16. The second kappa shape index (κ2) is 12.9. The number of hydrogen-bond acceptors (Lipinski definition) is 5. The third-order valence-corrected chi connectivity index (χ3v) is 3.86. The first kappa shape index (κ1) is 24.7. The number of nitrogens with one attached hydrogen (secondary N) is 1. The van der Waals surface area contributed by atoms with Gasteiger partial charge < -0.3 is 25.0 Å². The first-order chi connectivity index (χ1) is 12.0. The SMILES string of the molecule is CC(C)CC[C@@H](CCO)CCCOC[C@H](NC(=O)OC(C)(C)C)C(=O)O. The van der Waals surface area contributed by atoms with Crippen molar-refractivity contribution in [1.82, 2.24) is 5.32 Å². The van der Waals surface area contributed by atoms with Gasteiger partial charge in [0.25, 0.3) is 0 Å². The van der Waals surface area contributed by atoms with Gasteiger partial charge in [0, 0.05) is 13.2 Å². The summed E-state index contributed by atoms with van der Waals surface area (Å²) < 4.78 is 10.5. The van der Waals surface area contributed by atoms with Crippen molar-refractivity contribution in [3.8, 4) is 0 Å². The Balaban J connectivity index is 4.15. The number of carboxylic acid groups (broad SMARTS) is 1. The van der Waals surface area contributed by atoms with Crippen molar-refractivity contribution in [2.24, 2.45) is 11.8 Å². The van der Waals surface area contributed by atoms with E-state index < -0.39 is 23.7 Å². The zero-order chi connectivity index (χ0) is 20.2. The molecule has 0 saturated heterocycles. The molecule has 7 nitrogen and oxygen atoms in total. The van der Waals surface area contributed by atoms with Gasteiger partial charge in [-0.1, -0.05) is 26.7 Å². The van der Waals surface area contributed by atoms with Gasteiger partial charge in [0.1, 0.15) is 5.60 Å². The largest absolute Gasteiger partial charge is 0.480 e. The van der Waals surface area contributed by atoms with Crippen LogP contribution in [0, 0.1) is 11.8 Å². The van der Waals surface area contributed by atoms with E-state index in [4.69, 9.17) is 14.6 Å². The molecular weight excluding hydrogens is 338 g/mol. The predicted molar refractivity (Wildman–Crippen MR) is 100 cm³/mol. The molecule has 0 radical (unpaired) electrons. The maximum absolute atomic E-state index is 11.7. The molecule has 0 bridgehead atoms. The summed E-state index contributed by atoms with van der Waals surface area (Å²) in [5.41, 5.74) is -0.689. The summed E-state index contributed by atoms with van der Waals surface area (Å²) in [7, 11) is 0. The van der Waals surface area contributed by atoms with Crippen molar-refractivity contribution in [2.75, 3.05) is 19.8 Å². The van der Waals surface area contributed by atoms with Gasteiger partial charge in [-0.25, -0.2) is 9.59 Å². The van der Waals surface area contributed by atoms with Gasteiger partial charge >= 0.3 is 12.1 Å². The minimum Gasteiger partial charge on any atom is -0.480 e. The predicted octanol–water partition coefficient (Wildman–Crippen LogP) is 3.20. The van der Waals surface area contributed by atoms with Gasteiger partial charge in [0.15, 0.2) is 6.04 Å². The van der Waals surface area contributed by atoms with Crippen molar-refractivity contribution >= 4 is 12.1 Å². The van der Waals surface area contributed by atoms with Gasteiger partial charge in [0.05, 0.1) is 6.61 Å². The molecule has 0 aliphatic carbocycles. The molecule has 154 valence electrons. The van der Waals surface area contributed by atoms with Crippen LogP contribution < -0.4 is 5.32 Å². The molecule has 0 aliphatic heterocycles. The Labute approximate surface area is 157 Å². The molecule has 0 aromatic heterocycles. The number of carboxylic acids is 1. The summed E-state index contributed by atoms with van der Waals surface area (Å²) in [5.74, 6) is -0.0604. The quantitative estimate of drug-likeness (QED) is 0.427. The molecule has 0 fully saturated rings. The van der Waals surface area contributed by atoms with Crippen LogP contribution in [0.5, 0.6) is 0 Å². The summed E-state index contributed by atoms with van der Waals surface area (Å²) >= 11 is 0. The third-order valence-electron chi connectivity index (χ3n) is 3.86. The summed E-state index contributed by atoms with van der Waals surface area (Å²) in [5, 5.41) is 20.6. The Kier molecular flexibility index (Phi) is 12.3. The maximum atomic E-state index is 11.7. The van der Waals surface area contributed by atoms with Gasteiger partial charge in [-0.2, -0.15) is 0 Å². The van der Waals surface area contributed by atoms with Crippen LogP contribution in [0.1, 0.15) is 66.7 Å². The average Bonchev–Trinajstić information content (AvgIpc) is 2.48. The second-order valence-electron chi connectivity index (χ2n) is 8.10. The molecule has 0 unspecified atom stereocenters. The summed E-state index contributed by atoms with van der Waals surface area (Å²) in [6.45, 7) is 9.99. The van der Waals surface area contributed by atoms with E-state index in [1.54, 1.807) is 20.8 Å². The lowest BCUT2D eigenvalue weighted by Gasteiger charge is -2.22. The van der Waals surface area contributed by atoms with Crippen LogP contribution in [0.25, 0.3) is 0 Å². The van der Waals surface area contributed by atoms with E-state index in [1.807, 2.05) is 0 Å². The molecule has 2 atom stereocenters. The molecule has 1 amide bonds. The Bertz CT molecular complexity index is 405. The second-order valence-corrected chi connectivity index (χ2v) is 8.10. The van der Waals surface area contributed by atoms with Gasteiger partial charge in [-0.05, 0) is 51.9 Å². The van der Waals surface area contributed by atoms with Crippen LogP contribution in [0.4, 0.5) is 4.79 Å². The Morgan fingerprint density at radius 2 is 1.73 bits per heavy atom. The molecule has 0 aromatic carbocycles. The fraction of sp³-hybridized carbons (Fsp3) is 0.895. The number of aliphatic hydroxyl groups is 1. The standard InChI is InChI=1S/C19H37NO6/c1-14(2)8-9-15(10-11-21)7-6-12-25-13-16(17(22)23)20-18(24)26-19(3,4)5/h14-16,21H,6-13H2,1-5H3,(H,20,24)(H,22,23)/t15-,16-/m0/s1. The lowest BCUT2D eigenvalue weighted by molar-refractivity contribution is -0.141. The molecule has 0 heterocycles. The summed E-state index contributed by atoms with van der Waals surface area (Å²) in [6, 6.07) is -1.14. The van der Waals surface area contributed by atoms with Crippen molar-refractivity contribution in [3.05, 3.63) is 0 Å². The lowest BCUT2D eigenvalue weighted by Crippen LogP contribution is -2.46. The van der Waals surface area contributed by atoms with Crippen LogP contribution in [-0.4, -0.2) is 53.7 Å². The van der Waals surface area contributed by atoms with E-state index in [-0.39, 0.29) is 13.2 Å². The number of aliphatic hydroxyl groups excluding tert-OH is 1. The highest BCUT2D eigenvalue weighted by atomic mass is 16.6. The Morgan fingerprint density at radius 1 is 1.08 bits per heavy atom. The number of ether oxygens (including phenoxy) is 2. The fourth-order valence-electron chi connectivity index (χ4n) is 2.48. The monoisotopic (exact) mass is 375 g/mol. The van der Waals surface area contributed by atoms with Crippen LogP contribution in [0.3, 0.4) is 0 Å². The van der Waals surface area contributed by atoms with Crippen LogP contribution in [0.2, 0.25) is 0 Å². The van der Waals surface area contributed by atoms with Gasteiger partial charge in [-0.3, -0.25) is 0 Å². The fourth-order valence-corrected chi connectivity index (χ4v) is 2.48. The van der Waals surface area contributed by atoms with Crippen molar-refractivity contribution < 1.29 is 29.3 Å². The van der Waals surface area contributed by atoms with Crippen molar-refractivity contribution in [1.29, 1.82) is 0 Å². The zero-order valence-corrected chi connectivity index (χ0v) is 16.9. The van der Waals surface area contributed by atoms with E-state index in [2.05, 4.69) is 19.2 Å². The molecule has 0 aromatic rings. The third kappa shape index (κ3) is 13.9. The summed E-state index contributed by atoms with van der Waals surface area (Å²) in [6.07, 6.45) is 3.95. The van der Waals surface area contributed by atoms with Crippen LogP contribution in [-0.2, 0) is 14.3 Å². The number of amides is 1. The highest BCUT2D eigenvalue weighted by Crippen LogP contribution is 2.20. The van der Waals surface area contributed by atoms with E-state index in [0.29, 0.717) is 18.4 Å². The Morgan fingerprint density at radius 3 is 2.23 bits per heavy atom. The van der Waals surface area contributed by atoms with Crippen LogP contribution in [0.15, 0.2) is 0 Å². The lowest BCUT2D eigenvalue weighted by atomic mass is 9.91. The first-order valence-corrected chi connectivity index (χ1v) is 9.46. The van der Waals surface area contributed by atoms with Gasteiger partial charge in [0.2, 0.25) is 0 Å². The molecule has 0 aliphatic rings. The molecule has 3 N–H and O–H groups in total. The average molecular weight is 376 g/mol. The van der Waals surface area contributed by atoms with E-state index in [1.165, 1.54) is 0 Å². The number of rotatable bonds is 13. The highest BCUT2D eigenvalue weighted by Gasteiger charge is 2.24. The van der Waals surface area contributed by atoms with E-state index in [0.717, 1.165) is 32.1 Å². The van der Waals surface area contributed by atoms with Gasteiger partial charge in [-0.15, -0.1) is 0 Å². The molecule has 0 spiro atoms. The molecular formula is C19H37NO6. The molecule has 0 rings (SSSR count). The number of alkyl carbamates (subject to hydrolysis) is 1. The maximum Gasteiger partial charge on any atom is 0.408 e. The minimum absolute atomic E-state index is 0.106. The van der Waals surface area contributed by atoms with Crippen molar-refractivity contribution in [3.63, 3.8) is 0 Å². The van der Waals surface area contributed by atoms with Crippen molar-refractivity contribution in [2.45, 2.75) is 78.4 Å². The smallest absolute Gasteiger partial charge is 0.408 e. The number of carbonyl (C=O) groups is 2. The highest BCUT2D eigenvalue weighted by molar-refractivity contribution is 5.80. The first-order valence-electron chi connectivity index (χ1n) is 9.46. The van der Waals surface area contributed by atoms with E-state index >= 15 is 0 Å². The van der Waals surface area contributed by atoms with Crippen LogP contribution >= 0.6 is 0 Å². The molecule has 0 saturated carbocycles. The topological polar surface area (TPSA) is 105 Å². The number of aliphatic carboxylic acids is 1. The zero-order valence-electron chi connectivity index (χ0n) is 16.9. The normalized spacial score (nSPS) is 14.1. The molecule has 7 heteroatoms.